The summed E-state index contributed by atoms with van der Waals surface area (Å²) in [6.45, 7) is -0.750. The number of fused-ring (bicyclic) bond motifs is 3. The summed E-state index contributed by atoms with van der Waals surface area (Å²) in [5.41, 5.74) is 0.365. The van der Waals surface area contributed by atoms with E-state index in [0.29, 0.717) is 38.4 Å². The highest BCUT2D eigenvalue weighted by Gasteiger charge is 2.36. The monoisotopic (exact) mass is 370 g/mol. The van der Waals surface area contributed by atoms with Gasteiger partial charge in [0.1, 0.15) is 5.75 Å². The average Bonchev–Trinajstić information content (AvgIpc) is 2.84. The molecule has 7 nitrogen and oxygen atoms in total. The Morgan fingerprint density at radius 3 is 2.58 bits per heavy atom. The topological polar surface area (TPSA) is 79.3 Å². The van der Waals surface area contributed by atoms with Crippen LogP contribution in [0.2, 0.25) is 0 Å². The smallest absolute Gasteiger partial charge is 0.387 e. The predicted octanol–water partition coefficient (Wildman–Crippen LogP) is 1.15. The van der Waals surface area contributed by atoms with Crippen molar-refractivity contribution < 1.29 is 33.0 Å². The molecular weight excluding hydrogens is 350 g/mol. The van der Waals surface area contributed by atoms with Gasteiger partial charge in [0.15, 0.2) is 0 Å². The van der Waals surface area contributed by atoms with E-state index in [0.717, 1.165) is 0 Å². The summed E-state index contributed by atoms with van der Waals surface area (Å²) in [6.07, 6.45) is 0. The second-order valence-electron chi connectivity index (χ2n) is 6.51. The maximum absolute atomic E-state index is 12.9. The first-order valence-corrected chi connectivity index (χ1v) is 8.30. The van der Waals surface area contributed by atoms with Crippen LogP contribution in [0.1, 0.15) is 10.4 Å². The Balaban J connectivity index is 1.75. The van der Waals surface area contributed by atoms with Crippen molar-refractivity contribution in [3.63, 3.8) is 0 Å². The Morgan fingerprint density at radius 1 is 1.19 bits per heavy atom. The number of aliphatic carboxylic acids is 1. The highest BCUT2D eigenvalue weighted by molar-refractivity contribution is 5.94. The molecule has 1 amide bonds. The van der Waals surface area contributed by atoms with Gasteiger partial charge in [-0.25, -0.2) is 0 Å². The number of ether oxygens (including phenoxy) is 2. The van der Waals surface area contributed by atoms with Crippen LogP contribution in [-0.4, -0.2) is 78.8 Å². The molecule has 2 fully saturated rings. The number of carboxylic acids is 1. The molecule has 3 rings (SSSR count). The van der Waals surface area contributed by atoms with E-state index in [1.54, 1.807) is 4.90 Å². The molecule has 2 aliphatic heterocycles. The van der Waals surface area contributed by atoms with E-state index in [2.05, 4.69) is 4.74 Å². The van der Waals surface area contributed by atoms with Crippen molar-refractivity contribution >= 4 is 11.9 Å². The minimum Gasteiger partial charge on any atom is -0.480 e. The van der Waals surface area contributed by atoms with Crippen molar-refractivity contribution in [1.29, 1.82) is 0 Å². The summed E-state index contributed by atoms with van der Waals surface area (Å²) in [5.74, 6) is -1.13. The van der Waals surface area contributed by atoms with Crippen LogP contribution in [0.15, 0.2) is 24.3 Å². The first kappa shape index (κ1) is 18.5. The molecule has 2 aliphatic rings. The number of alkyl halides is 2. The largest absolute Gasteiger partial charge is 0.480 e. The van der Waals surface area contributed by atoms with Crippen molar-refractivity contribution in [2.75, 3.05) is 39.4 Å². The highest BCUT2D eigenvalue weighted by atomic mass is 19.3. The van der Waals surface area contributed by atoms with Crippen molar-refractivity contribution in [1.82, 2.24) is 9.80 Å². The van der Waals surface area contributed by atoms with Gasteiger partial charge >= 0.3 is 12.6 Å². The van der Waals surface area contributed by atoms with Gasteiger partial charge in [-0.1, -0.05) is 0 Å². The SMILES string of the molecule is O=C(O)CN1C[C@@H]2COC[C@H](C1)N(C(=O)c1ccc(OC(F)F)cc1)C2. The summed E-state index contributed by atoms with van der Waals surface area (Å²) in [5, 5.41) is 9.04. The number of hydrogen-bond donors (Lipinski definition) is 1. The Labute approximate surface area is 149 Å². The maximum atomic E-state index is 12.9. The number of carbonyl (C=O) groups is 2. The fraction of sp³-hybridized carbons (Fsp3) is 0.529. The third kappa shape index (κ3) is 4.47. The molecule has 142 valence electrons. The molecule has 2 atom stereocenters. The first-order valence-electron chi connectivity index (χ1n) is 8.30. The molecule has 1 N–H and O–H groups in total. The van der Waals surface area contributed by atoms with Crippen molar-refractivity contribution in [2.24, 2.45) is 5.92 Å². The maximum Gasteiger partial charge on any atom is 0.387 e. The normalized spacial score (nSPS) is 23.6. The number of carbonyl (C=O) groups excluding carboxylic acids is 1. The van der Waals surface area contributed by atoms with Crippen LogP contribution in [0.5, 0.6) is 5.75 Å². The lowest BCUT2D eigenvalue weighted by Gasteiger charge is -2.30. The number of halogens is 2. The summed E-state index contributed by atoms with van der Waals surface area (Å²) < 4.78 is 34.4. The second kappa shape index (κ2) is 7.96. The molecule has 2 bridgehead atoms. The van der Waals surface area contributed by atoms with Gasteiger partial charge in [0, 0.05) is 31.1 Å². The molecule has 1 aromatic carbocycles. The van der Waals surface area contributed by atoms with E-state index < -0.39 is 12.6 Å². The van der Waals surface area contributed by atoms with Crippen LogP contribution in [0.4, 0.5) is 8.78 Å². The third-order valence-electron chi connectivity index (χ3n) is 4.49. The number of nitrogens with zero attached hydrogens (tertiary/aromatic N) is 2. The Kier molecular flexibility index (Phi) is 5.67. The molecule has 1 aromatic rings. The zero-order valence-electron chi connectivity index (χ0n) is 14.0. The van der Waals surface area contributed by atoms with Crippen LogP contribution in [-0.2, 0) is 9.53 Å². The van der Waals surface area contributed by atoms with E-state index in [4.69, 9.17) is 9.84 Å². The minimum absolute atomic E-state index is 0.0119. The lowest BCUT2D eigenvalue weighted by Crippen LogP contribution is -2.47. The molecule has 9 heteroatoms. The molecule has 0 unspecified atom stereocenters. The van der Waals surface area contributed by atoms with Gasteiger partial charge in [0.25, 0.3) is 5.91 Å². The van der Waals surface area contributed by atoms with Gasteiger partial charge in [-0.2, -0.15) is 8.78 Å². The van der Waals surface area contributed by atoms with Gasteiger partial charge < -0.3 is 19.5 Å². The first-order chi connectivity index (χ1) is 12.4. The van der Waals surface area contributed by atoms with Crippen molar-refractivity contribution in [3.8, 4) is 5.75 Å². The summed E-state index contributed by atoms with van der Waals surface area (Å²) in [7, 11) is 0. The van der Waals surface area contributed by atoms with Gasteiger partial charge in [-0.15, -0.1) is 0 Å². The van der Waals surface area contributed by atoms with Gasteiger partial charge in [0.05, 0.1) is 25.8 Å². The number of amides is 1. The molecule has 0 saturated carbocycles. The fourth-order valence-electron chi connectivity index (χ4n) is 3.45. The number of hydrogen-bond acceptors (Lipinski definition) is 5. The van der Waals surface area contributed by atoms with Crippen LogP contribution < -0.4 is 4.74 Å². The summed E-state index contributed by atoms with van der Waals surface area (Å²) in [4.78, 5) is 27.5. The molecule has 0 spiro atoms. The van der Waals surface area contributed by atoms with Crippen LogP contribution >= 0.6 is 0 Å². The molecule has 2 heterocycles. The van der Waals surface area contributed by atoms with Crippen LogP contribution in [0, 0.1) is 5.92 Å². The number of rotatable bonds is 5. The zero-order valence-corrected chi connectivity index (χ0v) is 14.0. The van der Waals surface area contributed by atoms with E-state index >= 15 is 0 Å². The molecule has 26 heavy (non-hydrogen) atoms. The lowest BCUT2D eigenvalue weighted by atomic mass is 10.1. The van der Waals surface area contributed by atoms with Crippen molar-refractivity contribution in [3.05, 3.63) is 29.8 Å². The van der Waals surface area contributed by atoms with E-state index in [1.165, 1.54) is 24.3 Å². The van der Waals surface area contributed by atoms with E-state index in [-0.39, 0.29) is 30.2 Å². The molecule has 0 radical (unpaired) electrons. The van der Waals surface area contributed by atoms with Crippen LogP contribution in [0.3, 0.4) is 0 Å². The van der Waals surface area contributed by atoms with E-state index in [1.807, 2.05) is 4.90 Å². The quantitative estimate of drug-likeness (QED) is 0.838. The number of carboxylic acid groups (broad SMARTS) is 1. The van der Waals surface area contributed by atoms with E-state index in [9.17, 15) is 18.4 Å². The summed E-state index contributed by atoms with van der Waals surface area (Å²) in [6, 6.07) is 5.30. The predicted molar refractivity (Wildman–Crippen MR) is 86.3 cm³/mol. The molecular formula is C17H20F2N2O5. The second-order valence-corrected chi connectivity index (χ2v) is 6.51. The third-order valence-corrected chi connectivity index (χ3v) is 4.49. The molecule has 0 aliphatic carbocycles. The Bertz CT molecular complexity index is 655. The molecule has 2 saturated heterocycles. The minimum atomic E-state index is -2.92. The van der Waals surface area contributed by atoms with Crippen molar-refractivity contribution in [2.45, 2.75) is 12.7 Å². The zero-order chi connectivity index (χ0) is 18.7. The Morgan fingerprint density at radius 2 is 1.92 bits per heavy atom. The van der Waals surface area contributed by atoms with Gasteiger partial charge in [-0.05, 0) is 24.3 Å². The van der Waals surface area contributed by atoms with Crippen LogP contribution in [0.25, 0.3) is 0 Å². The highest BCUT2D eigenvalue weighted by Crippen LogP contribution is 2.23. The van der Waals surface area contributed by atoms with Gasteiger partial charge in [0.2, 0.25) is 0 Å². The van der Waals surface area contributed by atoms with Gasteiger partial charge in [-0.3, -0.25) is 14.5 Å². The lowest BCUT2D eigenvalue weighted by molar-refractivity contribution is -0.138. The fourth-order valence-corrected chi connectivity index (χ4v) is 3.45. The summed E-state index contributed by atoms with van der Waals surface area (Å²) >= 11 is 0. The molecule has 0 aromatic heterocycles. The number of benzene rings is 1. The standard InChI is InChI=1S/C17H20F2N2O5/c18-17(19)26-14-3-1-12(2-4-14)16(24)21-6-11-5-20(8-15(22)23)7-13(21)10-25-9-11/h1-4,11,13,17H,5-10H2,(H,22,23)/t11-,13-/m0/s1. The average molecular weight is 370 g/mol. The Hall–Kier alpha value is -2.26.